The van der Waals surface area contributed by atoms with Crippen LogP contribution in [0.2, 0.25) is 0 Å². The summed E-state index contributed by atoms with van der Waals surface area (Å²) < 4.78 is 62.5. The van der Waals surface area contributed by atoms with Crippen molar-refractivity contribution in [3.8, 4) is 11.2 Å². The molecule has 2 fully saturated rings. The lowest BCUT2D eigenvalue weighted by Gasteiger charge is -2.26. The third kappa shape index (κ3) is 5.10. The number of benzene rings is 1. The number of nitrogens with one attached hydrogen (secondary N) is 1. The molecule has 0 unspecified atom stereocenters. The van der Waals surface area contributed by atoms with Crippen molar-refractivity contribution in [3.05, 3.63) is 29.5 Å². The Morgan fingerprint density at radius 1 is 1.23 bits per heavy atom. The molecule has 2 aliphatic rings. The highest BCUT2D eigenvalue weighted by Gasteiger charge is 2.46. The Balaban J connectivity index is 1.45. The third-order valence-corrected chi connectivity index (χ3v) is 10.1. The predicted molar refractivity (Wildman–Crippen MR) is 141 cm³/mol. The molecule has 6 rings (SSSR count). The lowest BCUT2D eigenvalue weighted by atomic mass is 10.2. The average Bonchev–Trinajstić information content (AvgIpc) is 3.37. The van der Waals surface area contributed by atoms with Crippen molar-refractivity contribution in [1.82, 2.24) is 34.4 Å². The van der Waals surface area contributed by atoms with Crippen LogP contribution >= 0.6 is 23.1 Å². The topological polar surface area (TPSA) is 139 Å². The molecule has 0 radical (unpaired) electrons. The number of rotatable bonds is 9. The Morgan fingerprint density at radius 3 is 2.72 bits per heavy atom. The van der Waals surface area contributed by atoms with Crippen molar-refractivity contribution >= 4 is 55.1 Å². The van der Waals surface area contributed by atoms with E-state index in [9.17, 15) is 22.5 Å². The van der Waals surface area contributed by atoms with Crippen LogP contribution in [0.1, 0.15) is 24.3 Å². The molecule has 11 nitrogen and oxygen atoms in total. The predicted octanol–water partition coefficient (Wildman–Crippen LogP) is 3.12. The lowest BCUT2D eigenvalue weighted by molar-refractivity contribution is 0.0410. The Labute approximate surface area is 230 Å². The minimum atomic E-state index is -4.04. The highest BCUT2D eigenvalue weighted by atomic mass is 32.2. The van der Waals surface area contributed by atoms with E-state index in [1.165, 1.54) is 34.8 Å². The highest BCUT2D eigenvalue weighted by Crippen LogP contribution is 2.39. The molecular weight excluding hydrogens is 571 g/mol. The molecule has 1 aromatic carbocycles. The molecule has 3 aromatic heterocycles. The molecule has 0 spiro atoms. The fourth-order valence-corrected chi connectivity index (χ4v) is 7.56. The van der Waals surface area contributed by atoms with E-state index in [0.717, 1.165) is 25.4 Å². The van der Waals surface area contributed by atoms with Crippen LogP contribution in [-0.2, 0) is 14.8 Å². The Bertz CT molecular complexity index is 1690. The van der Waals surface area contributed by atoms with Crippen molar-refractivity contribution in [2.45, 2.75) is 34.7 Å². The second kappa shape index (κ2) is 10.3. The molecule has 0 atom stereocenters. The molecule has 1 N–H and O–H groups in total. The molecule has 1 aliphatic carbocycles. The first kappa shape index (κ1) is 26.4. The summed E-state index contributed by atoms with van der Waals surface area (Å²) in [5, 5.41) is 18.6. The van der Waals surface area contributed by atoms with Gasteiger partial charge in [-0.05, 0) is 25.0 Å². The summed E-state index contributed by atoms with van der Waals surface area (Å²) in [6.07, 6.45) is -0.529. The van der Waals surface area contributed by atoms with Gasteiger partial charge in [0.05, 0.1) is 35.1 Å². The van der Waals surface area contributed by atoms with Crippen LogP contribution in [0.5, 0.6) is 0 Å². The number of hydrogen-bond donors (Lipinski definition) is 1. The number of fused-ring (bicyclic) bond motifs is 3. The van der Waals surface area contributed by atoms with Crippen LogP contribution in [0.25, 0.3) is 27.1 Å². The van der Waals surface area contributed by atoms with Crippen molar-refractivity contribution in [1.29, 1.82) is 5.26 Å². The maximum atomic E-state index is 13.4. The van der Waals surface area contributed by atoms with E-state index in [2.05, 4.69) is 29.8 Å². The minimum absolute atomic E-state index is 0.0614. The number of alkyl halides is 2. The van der Waals surface area contributed by atoms with Crippen LogP contribution in [0.4, 0.5) is 8.78 Å². The SMILES string of the molecule is N#CC1(NS(=O)(=O)c2ccc3c4c(SCCN5CCOCC5)ncnc4n(-c4nnc(C(F)F)s4)c3c2)CC1. The molecule has 1 saturated heterocycles. The fraction of sp³-hybridized carbons (Fsp3) is 0.435. The summed E-state index contributed by atoms with van der Waals surface area (Å²) in [6, 6.07) is 6.58. The summed E-state index contributed by atoms with van der Waals surface area (Å²) in [4.78, 5) is 11.2. The monoisotopic (exact) mass is 592 g/mol. The molecular formula is C23H22F2N8O3S3. The number of sulfonamides is 1. The van der Waals surface area contributed by atoms with Crippen molar-refractivity contribution in [2.75, 3.05) is 38.6 Å². The molecule has 4 heterocycles. The second-order valence-electron chi connectivity index (χ2n) is 9.22. The van der Waals surface area contributed by atoms with E-state index >= 15 is 0 Å². The maximum Gasteiger partial charge on any atom is 0.291 e. The van der Waals surface area contributed by atoms with Crippen molar-refractivity contribution in [2.24, 2.45) is 0 Å². The first-order chi connectivity index (χ1) is 18.8. The minimum Gasteiger partial charge on any atom is -0.379 e. The van der Waals surface area contributed by atoms with Gasteiger partial charge in [0.1, 0.15) is 16.9 Å². The number of ether oxygens (including phenoxy) is 1. The third-order valence-electron chi connectivity index (χ3n) is 6.65. The smallest absolute Gasteiger partial charge is 0.291 e. The maximum absolute atomic E-state index is 13.4. The Hall–Kier alpha value is -2.81. The van der Waals surface area contributed by atoms with E-state index in [1.807, 2.05) is 6.07 Å². The van der Waals surface area contributed by atoms with Gasteiger partial charge in [0, 0.05) is 30.8 Å². The molecule has 1 aliphatic heterocycles. The van der Waals surface area contributed by atoms with Gasteiger partial charge in [-0.15, -0.1) is 22.0 Å². The van der Waals surface area contributed by atoms with E-state index < -0.39 is 27.0 Å². The van der Waals surface area contributed by atoms with Crippen LogP contribution in [0, 0.1) is 11.3 Å². The van der Waals surface area contributed by atoms with Crippen LogP contribution in [-0.4, -0.2) is 82.2 Å². The van der Waals surface area contributed by atoms with E-state index in [-0.39, 0.29) is 10.0 Å². The number of nitrogens with zero attached hydrogens (tertiary/aromatic N) is 7. The molecule has 0 amide bonds. The van der Waals surface area contributed by atoms with Crippen LogP contribution in [0.15, 0.2) is 34.4 Å². The van der Waals surface area contributed by atoms with Gasteiger partial charge in [0.15, 0.2) is 10.7 Å². The van der Waals surface area contributed by atoms with E-state index in [0.29, 0.717) is 64.4 Å². The second-order valence-corrected chi connectivity index (χ2v) is 13.0. The molecule has 204 valence electrons. The Kier molecular flexibility index (Phi) is 6.98. The summed E-state index contributed by atoms with van der Waals surface area (Å²) in [6.45, 7) is 3.96. The van der Waals surface area contributed by atoms with Gasteiger partial charge in [-0.25, -0.2) is 27.2 Å². The zero-order valence-corrected chi connectivity index (χ0v) is 22.8. The highest BCUT2D eigenvalue weighted by molar-refractivity contribution is 7.99. The van der Waals surface area contributed by atoms with Gasteiger partial charge in [0.2, 0.25) is 15.2 Å². The van der Waals surface area contributed by atoms with E-state index in [1.54, 1.807) is 6.07 Å². The van der Waals surface area contributed by atoms with Gasteiger partial charge >= 0.3 is 0 Å². The first-order valence-electron chi connectivity index (χ1n) is 12.1. The number of hydrogen-bond acceptors (Lipinski definition) is 11. The quantitative estimate of drug-likeness (QED) is 0.228. The molecule has 4 aromatic rings. The summed E-state index contributed by atoms with van der Waals surface area (Å²) in [5.74, 6) is 0.750. The first-order valence-corrected chi connectivity index (χ1v) is 15.4. The molecule has 0 bridgehead atoms. The number of morpholine rings is 1. The largest absolute Gasteiger partial charge is 0.379 e. The summed E-state index contributed by atoms with van der Waals surface area (Å²) >= 11 is 2.24. The van der Waals surface area contributed by atoms with Gasteiger partial charge < -0.3 is 4.74 Å². The summed E-state index contributed by atoms with van der Waals surface area (Å²) in [5.41, 5.74) is -0.284. The normalized spacial score (nSPS) is 17.7. The zero-order chi connectivity index (χ0) is 27.2. The fourth-order valence-electron chi connectivity index (χ4n) is 4.44. The Morgan fingerprint density at radius 2 is 2.03 bits per heavy atom. The standard InChI is InChI=1S/C23H22F2N8O3S3/c24-18(25)21-29-30-22(38-21)33-16-11-14(39(34,35)31-23(12-26)3-4-23)1-2-15(16)17-19(33)27-13-28-20(17)37-10-7-32-5-8-36-9-6-32/h1-2,11,13,18,31H,3-10H2. The molecule has 39 heavy (non-hydrogen) atoms. The summed E-state index contributed by atoms with van der Waals surface area (Å²) in [7, 11) is -4.04. The number of halogens is 2. The van der Waals surface area contributed by atoms with Crippen LogP contribution in [0.3, 0.4) is 0 Å². The molecule has 16 heteroatoms. The van der Waals surface area contributed by atoms with Crippen molar-refractivity contribution < 1.29 is 21.9 Å². The van der Waals surface area contributed by atoms with E-state index in [4.69, 9.17) is 4.74 Å². The average molecular weight is 593 g/mol. The van der Waals surface area contributed by atoms with Gasteiger partial charge in [0.25, 0.3) is 6.43 Å². The zero-order valence-electron chi connectivity index (χ0n) is 20.4. The molecule has 1 saturated carbocycles. The van der Waals surface area contributed by atoms with Crippen molar-refractivity contribution in [3.63, 3.8) is 0 Å². The number of nitriles is 1. The number of thioether (sulfide) groups is 1. The van der Waals surface area contributed by atoms with Crippen LogP contribution < -0.4 is 4.72 Å². The van der Waals surface area contributed by atoms with Gasteiger partial charge in [-0.3, -0.25) is 9.47 Å². The number of aromatic nitrogens is 5. The van der Waals surface area contributed by atoms with Gasteiger partial charge in [-0.1, -0.05) is 17.4 Å². The lowest BCUT2D eigenvalue weighted by Crippen LogP contribution is -2.37. The van der Waals surface area contributed by atoms with Gasteiger partial charge in [-0.2, -0.15) is 9.98 Å².